The predicted octanol–water partition coefficient (Wildman–Crippen LogP) is 1.24. The van der Waals surface area contributed by atoms with Crippen molar-refractivity contribution in [1.82, 2.24) is 15.1 Å². The van der Waals surface area contributed by atoms with Crippen LogP contribution in [0.25, 0.3) is 0 Å². The fraction of sp³-hybridized carbons (Fsp3) is 0.571. The van der Waals surface area contributed by atoms with Gasteiger partial charge in [-0.2, -0.15) is 4.39 Å². The lowest BCUT2D eigenvalue weighted by Gasteiger charge is -2.34. The highest BCUT2D eigenvalue weighted by Gasteiger charge is 2.23. The SMILES string of the molecule is CN(C)C(CN1CCNCC1)c1ccc(F)c([N+](=O)[O-])c1. The maximum atomic E-state index is 13.5. The molecular formula is C14H21FN4O2. The Bertz CT molecular complexity index is 504. The summed E-state index contributed by atoms with van der Waals surface area (Å²) in [7, 11) is 3.87. The van der Waals surface area contributed by atoms with E-state index < -0.39 is 16.4 Å². The van der Waals surface area contributed by atoms with Crippen molar-refractivity contribution in [3.8, 4) is 0 Å². The molecule has 1 N–H and O–H groups in total. The lowest BCUT2D eigenvalue weighted by molar-refractivity contribution is -0.387. The normalized spacial score (nSPS) is 17.9. The van der Waals surface area contributed by atoms with E-state index in [0.717, 1.165) is 38.3 Å². The Morgan fingerprint density at radius 3 is 2.67 bits per heavy atom. The lowest BCUT2D eigenvalue weighted by atomic mass is 10.0. The summed E-state index contributed by atoms with van der Waals surface area (Å²) in [5.74, 6) is -0.788. The molecule has 1 aliphatic rings. The highest BCUT2D eigenvalue weighted by Crippen LogP contribution is 2.26. The number of nitrogens with one attached hydrogen (secondary N) is 1. The first-order chi connectivity index (χ1) is 9.99. The number of nitro groups is 1. The van der Waals surface area contributed by atoms with Gasteiger partial charge in [-0.15, -0.1) is 0 Å². The molecule has 0 aromatic heterocycles. The second-order valence-electron chi connectivity index (χ2n) is 5.50. The van der Waals surface area contributed by atoms with Crippen LogP contribution in [0.1, 0.15) is 11.6 Å². The fourth-order valence-corrected chi connectivity index (χ4v) is 2.58. The Morgan fingerprint density at radius 1 is 1.43 bits per heavy atom. The topological polar surface area (TPSA) is 61.6 Å². The first-order valence-corrected chi connectivity index (χ1v) is 7.02. The Labute approximate surface area is 123 Å². The fourth-order valence-electron chi connectivity index (χ4n) is 2.58. The van der Waals surface area contributed by atoms with Crippen molar-refractivity contribution >= 4 is 5.69 Å². The Kier molecular flexibility index (Phi) is 5.22. The van der Waals surface area contributed by atoms with Gasteiger partial charge in [0.15, 0.2) is 0 Å². The number of nitro benzene ring substituents is 1. The average Bonchev–Trinajstić information content (AvgIpc) is 2.46. The van der Waals surface area contributed by atoms with Crippen molar-refractivity contribution < 1.29 is 9.31 Å². The van der Waals surface area contributed by atoms with E-state index in [1.54, 1.807) is 6.07 Å². The van der Waals surface area contributed by atoms with E-state index in [0.29, 0.717) is 0 Å². The molecule has 7 heteroatoms. The molecule has 0 spiro atoms. The average molecular weight is 296 g/mol. The molecular weight excluding hydrogens is 275 g/mol. The number of likely N-dealkylation sites (N-methyl/N-ethyl adjacent to an activating group) is 1. The number of nitrogens with zero attached hydrogens (tertiary/aromatic N) is 3. The van der Waals surface area contributed by atoms with Gasteiger partial charge in [0.2, 0.25) is 5.82 Å². The predicted molar refractivity (Wildman–Crippen MR) is 78.8 cm³/mol. The van der Waals surface area contributed by atoms with E-state index in [-0.39, 0.29) is 6.04 Å². The van der Waals surface area contributed by atoms with Gasteiger partial charge in [-0.1, -0.05) is 6.07 Å². The molecule has 1 aromatic carbocycles. The van der Waals surface area contributed by atoms with Gasteiger partial charge < -0.3 is 10.2 Å². The van der Waals surface area contributed by atoms with Crippen LogP contribution in [0.4, 0.5) is 10.1 Å². The van der Waals surface area contributed by atoms with Crippen molar-refractivity contribution in [2.24, 2.45) is 0 Å². The van der Waals surface area contributed by atoms with Gasteiger partial charge in [-0.25, -0.2) is 0 Å². The molecule has 1 fully saturated rings. The van der Waals surface area contributed by atoms with Gasteiger partial charge in [0.1, 0.15) is 0 Å². The van der Waals surface area contributed by atoms with Crippen LogP contribution in [0, 0.1) is 15.9 Å². The molecule has 0 amide bonds. The van der Waals surface area contributed by atoms with Crippen LogP contribution in [0.5, 0.6) is 0 Å². The third kappa shape index (κ3) is 3.96. The van der Waals surface area contributed by atoms with Gasteiger partial charge >= 0.3 is 5.69 Å². The van der Waals surface area contributed by atoms with Crippen LogP contribution in [-0.4, -0.2) is 61.5 Å². The number of rotatable bonds is 5. The summed E-state index contributed by atoms with van der Waals surface area (Å²) in [6, 6.07) is 4.17. The molecule has 0 bridgehead atoms. The first kappa shape index (κ1) is 15.8. The maximum Gasteiger partial charge on any atom is 0.305 e. The molecule has 0 saturated carbocycles. The monoisotopic (exact) mass is 296 g/mol. The van der Waals surface area contributed by atoms with Crippen molar-refractivity contribution in [3.05, 3.63) is 39.7 Å². The summed E-state index contributed by atoms with van der Waals surface area (Å²) >= 11 is 0. The van der Waals surface area contributed by atoms with Gasteiger partial charge in [0.05, 0.1) is 4.92 Å². The summed E-state index contributed by atoms with van der Waals surface area (Å²) in [4.78, 5) is 14.5. The van der Waals surface area contributed by atoms with Crippen molar-refractivity contribution in [2.75, 3.05) is 46.8 Å². The number of hydrogen-bond donors (Lipinski definition) is 1. The third-order valence-electron chi connectivity index (χ3n) is 3.82. The van der Waals surface area contributed by atoms with E-state index in [1.807, 2.05) is 19.0 Å². The number of hydrogen-bond acceptors (Lipinski definition) is 5. The van der Waals surface area contributed by atoms with Gasteiger partial charge in [0.25, 0.3) is 0 Å². The quantitative estimate of drug-likeness (QED) is 0.654. The van der Waals surface area contributed by atoms with Crippen LogP contribution in [-0.2, 0) is 0 Å². The zero-order valence-electron chi connectivity index (χ0n) is 12.4. The Balaban J connectivity index is 2.21. The van der Waals surface area contributed by atoms with E-state index in [1.165, 1.54) is 12.1 Å². The zero-order chi connectivity index (χ0) is 15.4. The minimum absolute atomic E-state index is 0.00222. The van der Waals surface area contributed by atoms with Crippen LogP contribution < -0.4 is 5.32 Å². The summed E-state index contributed by atoms with van der Waals surface area (Å²) in [6.45, 7) is 4.58. The summed E-state index contributed by atoms with van der Waals surface area (Å²) in [6.07, 6.45) is 0. The second kappa shape index (κ2) is 6.93. The zero-order valence-corrected chi connectivity index (χ0v) is 12.4. The lowest BCUT2D eigenvalue weighted by Crippen LogP contribution is -2.46. The van der Waals surface area contributed by atoms with E-state index in [4.69, 9.17) is 0 Å². The molecule has 116 valence electrons. The molecule has 1 atom stereocenters. The molecule has 6 nitrogen and oxygen atoms in total. The van der Waals surface area contributed by atoms with Gasteiger partial charge in [-0.3, -0.25) is 15.0 Å². The van der Waals surface area contributed by atoms with Crippen LogP contribution in [0.3, 0.4) is 0 Å². The van der Waals surface area contributed by atoms with Crippen molar-refractivity contribution in [2.45, 2.75) is 6.04 Å². The molecule has 21 heavy (non-hydrogen) atoms. The van der Waals surface area contributed by atoms with E-state index in [2.05, 4.69) is 10.2 Å². The summed E-state index contributed by atoms with van der Waals surface area (Å²) in [5.41, 5.74) is 0.311. The van der Waals surface area contributed by atoms with E-state index in [9.17, 15) is 14.5 Å². The highest BCUT2D eigenvalue weighted by atomic mass is 19.1. The van der Waals surface area contributed by atoms with Gasteiger partial charge in [0, 0.05) is 44.8 Å². The Morgan fingerprint density at radius 2 is 2.10 bits per heavy atom. The van der Waals surface area contributed by atoms with Gasteiger partial charge in [-0.05, 0) is 25.7 Å². The number of piperazine rings is 1. The van der Waals surface area contributed by atoms with Crippen LogP contribution in [0.15, 0.2) is 18.2 Å². The Hall–Kier alpha value is -1.57. The summed E-state index contributed by atoms with van der Waals surface area (Å²) < 4.78 is 13.5. The minimum atomic E-state index is -0.788. The first-order valence-electron chi connectivity index (χ1n) is 7.02. The molecule has 2 rings (SSSR count). The van der Waals surface area contributed by atoms with E-state index >= 15 is 0 Å². The molecule has 1 heterocycles. The number of benzene rings is 1. The molecule has 1 aliphatic heterocycles. The van der Waals surface area contributed by atoms with Crippen LogP contribution in [0.2, 0.25) is 0 Å². The van der Waals surface area contributed by atoms with Crippen LogP contribution >= 0.6 is 0 Å². The molecule has 1 unspecified atom stereocenters. The molecule has 1 aromatic rings. The molecule has 0 radical (unpaired) electrons. The summed E-state index contributed by atoms with van der Waals surface area (Å²) in [5, 5.41) is 14.2. The standard InChI is InChI=1S/C14H21FN4O2/c1-17(2)14(10-18-7-5-16-6-8-18)11-3-4-12(15)13(9-11)19(20)21/h3-4,9,14,16H,5-8,10H2,1-2H3. The van der Waals surface area contributed by atoms with Crippen molar-refractivity contribution in [3.63, 3.8) is 0 Å². The molecule has 0 aliphatic carbocycles. The molecule has 1 saturated heterocycles. The third-order valence-corrected chi connectivity index (χ3v) is 3.82. The smallest absolute Gasteiger partial charge is 0.305 e. The minimum Gasteiger partial charge on any atom is -0.314 e. The highest BCUT2D eigenvalue weighted by molar-refractivity contribution is 5.37. The number of halogens is 1. The van der Waals surface area contributed by atoms with Crippen molar-refractivity contribution in [1.29, 1.82) is 0 Å². The largest absolute Gasteiger partial charge is 0.314 e. The maximum absolute atomic E-state index is 13.5. The second-order valence-corrected chi connectivity index (χ2v) is 5.50.